The average molecular weight is 313 g/mol. The Morgan fingerprint density at radius 1 is 1.13 bits per heavy atom. The number of ether oxygens (including phenoxy) is 2. The van der Waals surface area contributed by atoms with Crippen molar-refractivity contribution in [1.29, 1.82) is 0 Å². The average Bonchev–Trinajstić information content (AvgIpc) is 2.61. The Balaban J connectivity index is 1.41. The van der Waals surface area contributed by atoms with Crippen LogP contribution in [0, 0.1) is 0 Å². The molecular formula is C17H19N3O3. The van der Waals surface area contributed by atoms with Crippen LogP contribution >= 0.6 is 0 Å². The second-order valence-electron chi connectivity index (χ2n) is 5.13. The van der Waals surface area contributed by atoms with Gasteiger partial charge in [-0.1, -0.05) is 6.07 Å². The molecule has 3 rings (SSSR count). The zero-order chi connectivity index (χ0) is 15.9. The molecule has 1 aromatic heterocycles. The fourth-order valence-electron chi connectivity index (χ4n) is 2.25. The number of rotatable bonds is 6. The van der Waals surface area contributed by atoms with Gasteiger partial charge >= 0.3 is 0 Å². The van der Waals surface area contributed by atoms with Crippen LogP contribution in [0.2, 0.25) is 0 Å². The Bertz CT molecular complexity index is 661. The van der Waals surface area contributed by atoms with Crippen molar-refractivity contribution in [3.8, 4) is 11.5 Å². The summed E-state index contributed by atoms with van der Waals surface area (Å²) in [6, 6.07) is 11.3. The smallest absolute Gasteiger partial charge is 0.222 e. The lowest BCUT2D eigenvalue weighted by atomic mass is 10.2. The van der Waals surface area contributed by atoms with Gasteiger partial charge in [0.05, 0.1) is 12.2 Å². The SMILES string of the molecule is O=C(CCNc1ccc2c(c1)OCCO2)NCc1ccccn1. The van der Waals surface area contributed by atoms with E-state index in [1.165, 1.54) is 0 Å². The van der Waals surface area contributed by atoms with Crippen molar-refractivity contribution in [3.63, 3.8) is 0 Å². The molecule has 2 N–H and O–H groups in total. The Kier molecular flexibility index (Phi) is 4.93. The highest BCUT2D eigenvalue weighted by molar-refractivity contribution is 5.76. The van der Waals surface area contributed by atoms with Gasteiger partial charge in [0.15, 0.2) is 11.5 Å². The normalized spacial score (nSPS) is 12.5. The molecule has 1 aromatic carbocycles. The number of amides is 1. The van der Waals surface area contributed by atoms with Gasteiger partial charge in [-0.15, -0.1) is 0 Å². The van der Waals surface area contributed by atoms with E-state index in [1.807, 2.05) is 36.4 Å². The van der Waals surface area contributed by atoms with Gasteiger partial charge in [0.25, 0.3) is 0 Å². The molecule has 0 spiro atoms. The summed E-state index contributed by atoms with van der Waals surface area (Å²) < 4.78 is 11.0. The molecule has 6 heteroatoms. The molecule has 2 heterocycles. The minimum atomic E-state index is -0.0132. The number of nitrogens with zero attached hydrogens (tertiary/aromatic N) is 1. The number of pyridine rings is 1. The number of nitrogens with one attached hydrogen (secondary N) is 2. The number of hydrogen-bond acceptors (Lipinski definition) is 5. The van der Waals surface area contributed by atoms with Crippen LogP contribution in [0.5, 0.6) is 11.5 Å². The van der Waals surface area contributed by atoms with E-state index in [0.717, 1.165) is 22.9 Å². The Labute approximate surface area is 134 Å². The van der Waals surface area contributed by atoms with Crippen LogP contribution < -0.4 is 20.1 Å². The predicted octanol–water partition coefficient (Wildman–Crippen LogP) is 1.97. The number of aromatic nitrogens is 1. The third-order valence-corrected chi connectivity index (χ3v) is 3.42. The predicted molar refractivity (Wildman–Crippen MR) is 86.6 cm³/mol. The van der Waals surface area contributed by atoms with Crippen LogP contribution in [0.4, 0.5) is 5.69 Å². The number of hydrogen-bond donors (Lipinski definition) is 2. The summed E-state index contributed by atoms with van der Waals surface area (Å²) in [5.74, 6) is 1.48. The quantitative estimate of drug-likeness (QED) is 0.853. The van der Waals surface area contributed by atoms with E-state index in [-0.39, 0.29) is 5.91 Å². The molecule has 0 atom stereocenters. The van der Waals surface area contributed by atoms with E-state index in [9.17, 15) is 4.79 Å². The second-order valence-corrected chi connectivity index (χ2v) is 5.13. The Morgan fingerprint density at radius 2 is 2.00 bits per heavy atom. The van der Waals surface area contributed by atoms with Gasteiger partial charge in [-0.25, -0.2) is 0 Å². The lowest BCUT2D eigenvalue weighted by molar-refractivity contribution is -0.121. The van der Waals surface area contributed by atoms with Gasteiger partial charge in [0, 0.05) is 30.9 Å². The summed E-state index contributed by atoms with van der Waals surface area (Å²) in [4.78, 5) is 16.0. The Morgan fingerprint density at radius 3 is 2.83 bits per heavy atom. The van der Waals surface area contributed by atoms with Gasteiger partial charge in [-0.2, -0.15) is 0 Å². The molecule has 1 aliphatic rings. The van der Waals surface area contributed by atoms with Crippen LogP contribution in [0.1, 0.15) is 12.1 Å². The van der Waals surface area contributed by atoms with Gasteiger partial charge in [0.1, 0.15) is 13.2 Å². The highest BCUT2D eigenvalue weighted by atomic mass is 16.6. The molecule has 0 saturated carbocycles. The fourth-order valence-corrected chi connectivity index (χ4v) is 2.25. The molecule has 1 amide bonds. The van der Waals surface area contributed by atoms with E-state index in [4.69, 9.17) is 9.47 Å². The van der Waals surface area contributed by atoms with E-state index in [2.05, 4.69) is 15.6 Å². The summed E-state index contributed by atoms with van der Waals surface area (Å²) in [5, 5.41) is 6.06. The first kappa shape index (κ1) is 15.1. The molecule has 0 unspecified atom stereocenters. The third-order valence-electron chi connectivity index (χ3n) is 3.42. The maximum atomic E-state index is 11.8. The van der Waals surface area contributed by atoms with Crippen molar-refractivity contribution in [1.82, 2.24) is 10.3 Å². The molecule has 0 saturated heterocycles. The number of carbonyl (C=O) groups is 1. The number of benzene rings is 1. The summed E-state index contributed by atoms with van der Waals surface area (Å²) in [7, 11) is 0. The number of carbonyl (C=O) groups excluding carboxylic acids is 1. The highest BCUT2D eigenvalue weighted by Crippen LogP contribution is 2.32. The summed E-state index contributed by atoms with van der Waals surface area (Å²) in [6.07, 6.45) is 2.10. The number of anilines is 1. The largest absolute Gasteiger partial charge is 0.486 e. The minimum Gasteiger partial charge on any atom is -0.486 e. The molecule has 0 fully saturated rings. The van der Waals surface area contributed by atoms with E-state index in [1.54, 1.807) is 6.20 Å². The topological polar surface area (TPSA) is 72.5 Å². The molecule has 0 bridgehead atoms. The van der Waals surface area contributed by atoms with Crippen molar-refractivity contribution in [3.05, 3.63) is 48.3 Å². The highest BCUT2D eigenvalue weighted by Gasteiger charge is 2.11. The van der Waals surface area contributed by atoms with Crippen molar-refractivity contribution < 1.29 is 14.3 Å². The summed E-state index contributed by atoms with van der Waals surface area (Å²) in [5.41, 5.74) is 1.76. The summed E-state index contributed by atoms with van der Waals surface area (Å²) >= 11 is 0. The van der Waals surface area contributed by atoms with Crippen LogP contribution in [0.15, 0.2) is 42.6 Å². The van der Waals surface area contributed by atoms with E-state index < -0.39 is 0 Å². The maximum absolute atomic E-state index is 11.8. The van der Waals surface area contributed by atoms with Gasteiger partial charge in [-0.3, -0.25) is 9.78 Å². The van der Waals surface area contributed by atoms with Crippen molar-refractivity contribution in [2.75, 3.05) is 25.1 Å². The minimum absolute atomic E-state index is 0.0132. The second kappa shape index (κ2) is 7.49. The van der Waals surface area contributed by atoms with Crippen LogP contribution in [0.3, 0.4) is 0 Å². The molecule has 120 valence electrons. The first-order chi connectivity index (χ1) is 11.3. The molecule has 0 aliphatic carbocycles. The zero-order valence-corrected chi connectivity index (χ0v) is 12.7. The van der Waals surface area contributed by atoms with Crippen LogP contribution in [-0.2, 0) is 11.3 Å². The van der Waals surface area contributed by atoms with Crippen molar-refractivity contribution in [2.45, 2.75) is 13.0 Å². The van der Waals surface area contributed by atoms with Crippen LogP contribution in [0.25, 0.3) is 0 Å². The van der Waals surface area contributed by atoms with Crippen molar-refractivity contribution >= 4 is 11.6 Å². The molecule has 2 aromatic rings. The van der Waals surface area contributed by atoms with Gasteiger partial charge in [-0.05, 0) is 24.3 Å². The first-order valence-electron chi connectivity index (χ1n) is 7.61. The van der Waals surface area contributed by atoms with Gasteiger partial charge < -0.3 is 20.1 Å². The van der Waals surface area contributed by atoms with Gasteiger partial charge in [0.2, 0.25) is 5.91 Å². The standard InChI is InChI=1S/C17H19N3O3/c21-17(20-12-14-3-1-2-7-18-14)6-8-19-13-4-5-15-16(11-13)23-10-9-22-15/h1-5,7,11,19H,6,8-10,12H2,(H,20,21). The molecule has 6 nitrogen and oxygen atoms in total. The number of fused-ring (bicyclic) bond motifs is 1. The fraction of sp³-hybridized carbons (Fsp3) is 0.294. The first-order valence-corrected chi connectivity index (χ1v) is 7.61. The summed E-state index contributed by atoms with van der Waals surface area (Å²) in [6.45, 7) is 2.14. The van der Waals surface area contributed by atoms with E-state index in [0.29, 0.717) is 32.7 Å². The van der Waals surface area contributed by atoms with Crippen molar-refractivity contribution in [2.24, 2.45) is 0 Å². The lowest BCUT2D eigenvalue weighted by Crippen LogP contribution is -2.25. The molecule has 0 radical (unpaired) electrons. The van der Waals surface area contributed by atoms with E-state index >= 15 is 0 Å². The zero-order valence-electron chi connectivity index (χ0n) is 12.7. The monoisotopic (exact) mass is 313 g/mol. The molecule has 23 heavy (non-hydrogen) atoms. The Hall–Kier alpha value is -2.76. The van der Waals surface area contributed by atoms with Crippen LogP contribution in [-0.4, -0.2) is 30.6 Å². The lowest BCUT2D eigenvalue weighted by Gasteiger charge is -2.19. The maximum Gasteiger partial charge on any atom is 0.222 e. The molecular weight excluding hydrogens is 294 g/mol. The molecule has 1 aliphatic heterocycles. The third kappa shape index (κ3) is 4.35.